The minimum absolute atomic E-state index is 0.0976. The number of aromatic nitrogens is 1. The molecule has 0 bridgehead atoms. The lowest BCUT2D eigenvalue weighted by atomic mass is 9.85. The fourth-order valence-corrected chi connectivity index (χ4v) is 1.33. The van der Waals surface area contributed by atoms with Crippen molar-refractivity contribution in [3.8, 4) is 0 Å². The molecule has 0 radical (unpaired) electrons. The molecule has 0 aromatic carbocycles. The van der Waals surface area contributed by atoms with Crippen LogP contribution in [-0.4, -0.2) is 10.1 Å². The number of aliphatic hydroxyl groups is 1. The van der Waals surface area contributed by atoms with E-state index in [-0.39, 0.29) is 11.7 Å². The monoisotopic (exact) mass is 197 g/mol. The molecule has 0 amide bonds. The van der Waals surface area contributed by atoms with Gasteiger partial charge in [-0.1, -0.05) is 20.3 Å². The molecule has 0 fully saturated rings. The van der Waals surface area contributed by atoms with Crippen LogP contribution < -0.4 is 0 Å². The van der Waals surface area contributed by atoms with Crippen LogP contribution >= 0.6 is 0 Å². The normalized spacial score (nSPS) is 17.5. The molecule has 1 heterocycles. The summed E-state index contributed by atoms with van der Waals surface area (Å²) in [5, 5.41) is 10.2. The average Bonchev–Trinajstić information content (AvgIpc) is 2.17. The van der Waals surface area contributed by atoms with Crippen molar-refractivity contribution in [2.45, 2.75) is 32.8 Å². The van der Waals surface area contributed by atoms with Crippen LogP contribution in [0.3, 0.4) is 0 Å². The van der Waals surface area contributed by atoms with Crippen molar-refractivity contribution >= 4 is 0 Å². The van der Waals surface area contributed by atoms with E-state index in [2.05, 4.69) is 4.98 Å². The predicted molar refractivity (Wildman–Crippen MR) is 53.2 cm³/mol. The van der Waals surface area contributed by atoms with Crippen LogP contribution in [0, 0.1) is 11.7 Å². The molecule has 2 nitrogen and oxygen atoms in total. The second kappa shape index (κ2) is 4.05. The van der Waals surface area contributed by atoms with E-state index < -0.39 is 5.60 Å². The van der Waals surface area contributed by atoms with Crippen molar-refractivity contribution in [2.24, 2.45) is 5.92 Å². The molecule has 1 aromatic rings. The van der Waals surface area contributed by atoms with Gasteiger partial charge in [-0.25, -0.2) is 4.39 Å². The predicted octanol–water partition coefficient (Wildman–Crippen LogP) is 2.47. The van der Waals surface area contributed by atoms with Crippen LogP contribution in [-0.2, 0) is 5.60 Å². The Morgan fingerprint density at radius 2 is 2.21 bits per heavy atom. The van der Waals surface area contributed by atoms with Gasteiger partial charge in [0.15, 0.2) is 0 Å². The molecule has 0 spiro atoms. The summed E-state index contributed by atoms with van der Waals surface area (Å²) < 4.78 is 12.6. The summed E-state index contributed by atoms with van der Waals surface area (Å²) >= 11 is 0. The van der Waals surface area contributed by atoms with Gasteiger partial charge in [-0.3, -0.25) is 4.98 Å². The van der Waals surface area contributed by atoms with Crippen molar-refractivity contribution in [3.63, 3.8) is 0 Å². The van der Waals surface area contributed by atoms with Gasteiger partial charge in [-0.05, 0) is 25.0 Å². The zero-order valence-electron chi connectivity index (χ0n) is 8.79. The maximum atomic E-state index is 12.6. The number of pyridine rings is 1. The second-order valence-electron chi connectivity index (χ2n) is 3.82. The van der Waals surface area contributed by atoms with Crippen molar-refractivity contribution < 1.29 is 9.50 Å². The topological polar surface area (TPSA) is 33.1 Å². The zero-order valence-corrected chi connectivity index (χ0v) is 8.79. The first-order valence-corrected chi connectivity index (χ1v) is 4.83. The number of rotatable bonds is 3. The molecule has 0 saturated carbocycles. The van der Waals surface area contributed by atoms with Gasteiger partial charge in [0.25, 0.3) is 0 Å². The van der Waals surface area contributed by atoms with Gasteiger partial charge >= 0.3 is 0 Å². The van der Waals surface area contributed by atoms with Crippen LogP contribution in [0.25, 0.3) is 0 Å². The molecule has 1 aromatic heterocycles. The van der Waals surface area contributed by atoms with Crippen molar-refractivity contribution in [1.82, 2.24) is 4.98 Å². The van der Waals surface area contributed by atoms with E-state index in [9.17, 15) is 9.50 Å². The summed E-state index contributed by atoms with van der Waals surface area (Å²) in [7, 11) is 0. The quantitative estimate of drug-likeness (QED) is 0.807. The third kappa shape index (κ3) is 2.10. The Balaban J connectivity index is 2.97. The maximum Gasteiger partial charge on any atom is 0.141 e. The van der Waals surface area contributed by atoms with Crippen molar-refractivity contribution in [2.75, 3.05) is 0 Å². The molecule has 0 aliphatic rings. The summed E-state index contributed by atoms with van der Waals surface area (Å²) in [6, 6.07) is 2.85. The van der Waals surface area contributed by atoms with Gasteiger partial charge in [0.05, 0.1) is 11.9 Å². The number of hydrogen-bond donors (Lipinski definition) is 1. The van der Waals surface area contributed by atoms with E-state index in [0.717, 1.165) is 12.6 Å². The third-order valence-corrected chi connectivity index (χ3v) is 2.82. The summed E-state index contributed by atoms with van der Waals surface area (Å²) in [6.07, 6.45) is 1.98. The molecule has 14 heavy (non-hydrogen) atoms. The SMILES string of the molecule is CCC(C)C(C)(O)c1ccc(F)cn1. The Morgan fingerprint density at radius 1 is 1.57 bits per heavy atom. The Labute approximate surface area is 83.8 Å². The molecule has 1 rings (SSSR count). The van der Waals surface area contributed by atoms with Crippen LogP contribution in [0.5, 0.6) is 0 Å². The highest BCUT2D eigenvalue weighted by Crippen LogP contribution is 2.29. The third-order valence-electron chi connectivity index (χ3n) is 2.82. The zero-order chi connectivity index (χ0) is 10.8. The molecule has 0 aliphatic carbocycles. The smallest absolute Gasteiger partial charge is 0.141 e. The highest BCUT2D eigenvalue weighted by atomic mass is 19.1. The van der Waals surface area contributed by atoms with Crippen LogP contribution in [0.2, 0.25) is 0 Å². The van der Waals surface area contributed by atoms with Gasteiger partial charge in [0, 0.05) is 0 Å². The standard InChI is InChI=1S/C11H16FNO/c1-4-8(2)11(3,14)10-6-5-9(12)7-13-10/h5-8,14H,4H2,1-3H3. The molecule has 0 saturated heterocycles. The highest BCUT2D eigenvalue weighted by Gasteiger charge is 2.30. The highest BCUT2D eigenvalue weighted by molar-refractivity contribution is 5.13. The van der Waals surface area contributed by atoms with Gasteiger partial charge in [0.1, 0.15) is 11.4 Å². The van der Waals surface area contributed by atoms with E-state index in [0.29, 0.717) is 5.69 Å². The Kier molecular flexibility index (Phi) is 3.21. The van der Waals surface area contributed by atoms with E-state index >= 15 is 0 Å². The van der Waals surface area contributed by atoms with E-state index in [4.69, 9.17) is 0 Å². The van der Waals surface area contributed by atoms with Crippen LogP contribution in [0.4, 0.5) is 4.39 Å². The first-order chi connectivity index (χ1) is 6.48. The molecule has 3 heteroatoms. The summed E-state index contributed by atoms with van der Waals surface area (Å²) in [4.78, 5) is 3.89. The van der Waals surface area contributed by atoms with Gasteiger partial charge in [-0.15, -0.1) is 0 Å². The first kappa shape index (κ1) is 11.1. The number of hydrogen-bond acceptors (Lipinski definition) is 2. The van der Waals surface area contributed by atoms with Crippen LogP contribution in [0.1, 0.15) is 32.9 Å². The summed E-state index contributed by atoms with van der Waals surface area (Å²) in [5.41, 5.74) is -0.462. The minimum atomic E-state index is -0.984. The van der Waals surface area contributed by atoms with E-state index in [1.807, 2.05) is 13.8 Å². The molecule has 2 unspecified atom stereocenters. The lowest BCUT2D eigenvalue weighted by molar-refractivity contribution is -0.00413. The Morgan fingerprint density at radius 3 is 2.64 bits per heavy atom. The molecule has 78 valence electrons. The number of halogens is 1. The largest absolute Gasteiger partial charge is 0.384 e. The molecule has 1 N–H and O–H groups in total. The fraction of sp³-hybridized carbons (Fsp3) is 0.545. The summed E-state index contributed by atoms with van der Waals surface area (Å²) in [5.74, 6) is -0.283. The fourth-order valence-electron chi connectivity index (χ4n) is 1.33. The van der Waals surface area contributed by atoms with Crippen LogP contribution in [0.15, 0.2) is 18.3 Å². The first-order valence-electron chi connectivity index (χ1n) is 4.83. The summed E-state index contributed by atoms with van der Waals surface area (Å²) in [6.45, 7) is 5.66. The van der Waals surface area contributed by atoms with Gasteiger partial charge in [0.2, 0.25) is 0 Å². The molecule has 0 aliphatic heterocycles. The molecular formula is C11H16FNO. The average molecular weight is 197 g/mol. The minimum Gasteiger partial charge on any atom is -0.384 e. The van der Waals surface area contributed by atoms with E-state index in [1.54, 1.807) is 6.92 Å². The second-order valence-corrected chi connectivity index (χ2v) is 3.82. The Hall–Kier alpha value is -0.960. The van der Waals surface area contributed by atoms with Gasteiger partial charge in [-0.2, -0.15) is 0 Å². The van der Waals surface area contributed by atoms with Crippen molar-refractivity contribution in [1.29, 1.82) is 0 Å². The maximum absolute atomic E-state index is 12.6. The molecular weight excluding hydrogens is 181 g/mol. The molecule has 2 atom stereocenters. The van der Waals surface area contributed by atoms with Crippen molar-refractivity contribution in [3.05, 3.63) is 29.8 Å². The lowest BCUT2D eigenvalue weighted by Gasteiger charge is -2.28. The van der Waals surface area contributed by atoms with E-state index in [1.165, 1.54) is 12.1 Å². The lowest BCUT2D eigenvalue weighted by Crippen LogP contribution is -2.30. The number of nitrogens with zero attached hydrogens (tertiary/aromatic N) is 1. The Bertz CT molecular complexity index is 295. The van der Waals surface area contributed by atoms with Gasteiger partial charge < -0.3 is 5.11 Å².